The van der Waals surface area contributed by atoms with Gasteiger partial charge < -0.3 is 10.1 Å². The fraction of sp³-hybridized carbons (Fsp3) is 0.212. The Morgan fingerprint density at radius 1 is 0.953 bits per heavy atom. The van der Waals surface area contributed by atoms with Crippen LogP contribution in [0.3, 0.4) is 0 Å². The van der Waals surface area contributed by atoms with Crippen LogP contribution in [0.5, 0.6) is 0 Å². The zero-order valence-electron chi connectivity index (χ0n) is 23.4. The summed E-state index contributed by atoms with van der Waals surface area (Å²) in [4.78, 5) is 64.0. The SMILES string of the molecule is Cc1ccc(-n2c3c(cc(C(=O)NC(Cc4ccccc4)C(=O)OCc4ccc([N+](=O)[O-])cc4)c2=O)C(=O)CCC3)cc1. The zero-order valence-corrected chi connectivity index (χ0v) is 23.4. The summed E-state index contributed by atoms with van der Waals surface area (Å²) in [7, 11) is 0. The van der Waals surface area contributed by atoms with Gasteiger partial charge >= 0.3 is 5.97 Å². The minimum absolute atomic E-state index is 0.0850. The van der Waals surface area contributed by atoms with Gasteiger partial charge in [0.1, 0.15) is 18.2 Å². The highest BCUT2D eigenvalue weighted by Gasteiger charge is 2.29. The molecule has 1 aliphatic rings. The molecule has 1 aliphatic carbocycles. The number of benzene rings is 3. The molecule has 0 bridgehead atoms. The third-order valence-electron chi connectivity index (χ3n) is 7.36. The molecule has 0 saturated carbocycles. The predicted octanol–water partition coefficient (Wildman–Crippen LogP) is 4.66. The van der Waals surface area contributed by atoms with Crippen molar-refractivity contribution in [2.45, 2.75) is 45.3 Å². The van der Waals surface area contributed by atoms with Crippen molar-refractivity contribution in [1.29, 1.82) is 0 Å². The molecule has 1 N–H and O–H groups in total. The van der Waals surface area contributed by atoms with Gasteiger partial charge in [0.2, 0.25) is 0 Å². The molecular weight excluding hydrogens is 550 g/mol. The average molecular weight is 580 g/mol. The molecule has 218 valence electrons. The first-order valence-corrected chi connectivity index (χ1v) is 13.8. The van der Waals surface area contributed by atoms with Crippen LogP contribution in [0.2, 0.25) is 0 Å². The minimum Gasteiger partial charge on any atom is -0.459 e. The Morgan fingerprint density at radius 3 is 2.33 bits per heavy atom. The Kier molecular flexibility index (Phi) is 8.56. The van der Waals surface area contributed by atoms with E-state index in [0.717, 1.165) is 11.1 Å². The van der Waals surface area contributed by atoms with Crippen molar-refractivity contribution in [3.63, 3.8) is 0 Å². The van der Waals surface area contributed by atoms with Crippen molar-refractivity contribution in [2.75, 3.05) is 0 Å². The number of non-ortho nitro benzene ring substituents is 1. The molecule has 5 rings (SSSR count). The summed E-state index contributed by atoms with van der Waals surface area (Å²) < 4.78 is 6.90. The minimum atomic E-state index is -1.16. The third kappa shape index (κ3) is 6.59. The lowest BCUT2D eigenvalue weighted by molar-refractivity contribution is -0.384. The number of esters is 1. The molecule has 1 aromatic heterocycles. The predicted molar refractivity (Wildman–Crippen MR) is 158 cm³/mol. The quantitative estimate of drug-likeness (QED) is 0.173. The largest absolute Gasteiger partial charge is 0.459 e. The van der Waals surface area contributed by atoms with Gasteiger partial charge in [0.05, 0.1) is 4.92 Å². The van der Waals surface area contributed by atoms with E-state index in [1.54, 1.807) is 36.4 Å². The second-order valence-electron chi connectivity index (χ2n) is 10.4. The lowest BCUT2D eigenvalue weighted by atomic mass is 9.92. The van der Waals surface area contributed by atoms with Crippen LogP contribution >= 0.6 is 0 Å². The van der Waals surface area contributed by atoms with E-state index in [1.165, 1.54) is 34.9 Å². The lowest BCUT2D eigenvalue weighted by Crippen LogP contribution is -2.45. The molecule has 1 amide bonds. The van der Waals surface area contributed by atoms with Crippen molar-refractivity contribution in [3.05, 3.63) is 139 Å². The zero-order chi connectivity index (χ0) is 30.5. The molecule has 0 radical (unpaired) electrons. The maximum Gasteiger partial charge on any atom is 0.329 e. The van der Waals surface area contributed by atoms with E-state index in [1.807, 2.05) is 25.1 Å². The Labute approximate surface area is 247 Å². The molecule has 10 heteroatoms. The number of aromatic nitrogens is 1. The number of carbonyl (C=O) groups excluding carboxylic acids is 3. The molecule has 0 spiro atoms. The third-order valence-corrected chi connectivity index (χ3v) is 7.36. The number of ketones is 1. The van der Waals surface area contributed by atoms with Crippen LogP contribution in [0, 0.1) is 17.0 Å². The van der Waals surface area contributed by atoms with Crippen LogP contribution in [-0.4, -0.2) is 33.2 Å². The van der Waals surface area contributed by atoms with Crippen LogP contribution in [-0.2, 0) is 29.0 Å². The van der Waals surface area contributed by atoms with Gasteiger partial charge in [0.25, 0.3) is 17.2 Å². The van der Waals surface area contributed by atoms with E-state index in [4.69, 9.17) is 4.74 Å². The highest BCUT2D eigenvalue weighted by molar-refractivity contribution is 6.02. The fourth-order valence-corrected chi connectivity index (χ4v) is 5.07. The summed E-state index contributed by atoms with van der Waals surface area (Å²) in [5.74, 6) is -1.71. The molecule has 1 unspecified atom stereocenters. The number of ether oxygens (including phenoxy) is 1. The Hall–Kier alpha value is -5.38. The first kappa shape index (κ1) is 29.1. The number of nitro benzene ring substituents is 1. The van der Waals surface area contributed by atoms with E-state index in [0.29, 0.717) is 41.8 Å². The summed E-state index contributed by atoms with van der Waals surface area (Å²) in [6.45, 7) is 1.74. The van der Waals surface area contributed by atoms with Gasteiger partial charge in [0, 0.05) is 41.9 Å². The van der Waals surface area contributed by atoms with Gasteiger partial charge in [0.15, 0.2) is 5.78 Å². The number of fused-ring (bicyclic) bond motifs is 1. The molecule has 0 saturated heterocycles. The highest BCUT2D eigenvalue weighted by Crippen LogP contribution is 2.24. The van der Waals surface area contributed by atoms with E-state index in [2.05, 4.69) is 5.32 Å². The number of carbonyl (C=O) groups is 3. The van der Waals surface area contributed by atoms with Gasteiger partial charge in [-0.15, -0.1) is 0 Å². The first-order valence-electron chi connectivity index (χ1n) is 13.8. The standard InChI is InChI=1S/C33H29N3O7/c1-21-10-14-24(15-11-21)35-29-8-5-9-30(37)26(29)19-27(32(35)39)31(38)34-28(18-22-6-3-2-4-7-22)33(40)43-20-23-12-16-25(17-13-23)36(41)42/h2-4,6-7,10-17,19,28H,5,8-9,18,20H2,1H3,(H,34,38). The Balaban J connectivity index is 1.45. The normalized spacial score (nSPS) is 13.1. The number of aryl methyl sites for hydroxylation is 1. The topological polar surface area (TPSA) is 138 Å². The van der Waals surface area contributed by atoms with Gasteiger partial charge in [-0.05, 0) is 61.2 Å². The molecule has 1 atom stereocenters. The summed E-state index contributed by atoms with van der Waals surface area (Å²) in [6.07, 6.45) is 1.51. The number of pyridine rings is 1. The summed E-state index contributed by atoms with van der Waals surface area (Å²) in [6, 6.07) is 22.0. The van der Waals surface area contributed by atoms with Crippen molar-refractivity contribution in [3.8, 4) is 5.69 Å². The van der Waals surface area contributed by atoms with Crippen molar-refractivity contribution >= 4 is 23.3 Å². The molecular formula is C33H29N3O7. The lowest BCUT2D eigenvalue weighted by Gasteiger charge is -2.23. The molecule has 3 aromatic carbocycles. The number of amides is 1. The molecule has 0 fully saturated rings. The Bertz CT molecular complexity index is 1740. The molecule has 1 heterocycles. The van der Waals surface area contributed by atoms with Gasteiger partial charge in [-0.2, -0.15) is 0 Å². The smallest absolute Gasteiger partial charge is 0.329 e. The molecule has 10 nitrogen and oxygen atoms in total. The number of hydrogen-bond donors (Lipinski definition) is 1. The Morgan fingerprint density at radius 2 is 1.65 bits per heavy atom. The van der Waals surface area contributed by atoms with E-state index >= 15 is 0 Å². The van der Waals surface area contributed by atoms with Crippen LogP contribution in [0.15, 0.2) is 89.7 Å². The number of Topliss-reactive ketones (excluding diaryl/α,β-unsaturated/α-hetero) is 1. The van der Waals surface area contributed by atoms with Crippen molar-refractivity contribution in [1.82, 2.24) is 9.88 Å². The number of nitrogens with zero attached hydrogens (tertiary/aromatic N) is 2. The maximum atomic E-state index is 13.8. The fourth-order valence-electron chi connectivity index (χ4n) is 5.07. The highest BCUT2D eigenvalue weighted by atomic mass is 16.6. The van der Waals surface area contributed by atoms with Crippen LogP contribution < -0.4 is 10.9 Å². The molecule has 4 aromatic rings. The van der Waals surface area contributed by atoms with Gasteiger partial charge in [-0.3, -0.25) is 29.1 Å². The second kappa shape index (κ2) is 12.6. The summed E-state index contributed by atoms with van der Waals surface area (Å²) >= 11 is 0. The molecule has 43 heavy (non-hydrogen) atoms. The van der Waals surface area contributed by atoms with E-state index in [9.17, 15) is 29.3 Å². The monoisotopic (exact) mass is 579 g/mol. The average Bonchev–Trinajstić information content (AvgIpc) is 3.01. The van der Waals surface area contributed by atoms with Crippen molar-refractivity contribution in [2.24, 2.45) is 0 Å². The maximum absolute atomic E-state index is 13.8. The second-order valence-corrected chi connectivity index (χ2v) is 10.4. The van der Waals surface area contributed by atoms with Crippen molar-refractivity contribution < 1.29 is 24.0 Å². The summed E-state index contributed by atoms with van der Waals surface area (Å²) in [5, 5.41) is 13.6. The van der Waals surface area contributed by atoms with E-state index in [-0.39, 0.29) is 30.1 Å². The number of hydrogen-bond acceptors (Lipinski definition) is 7. The van der Waals surface area contributed by atoms with Crippen LogP contribution in [0.25, 0.3) is 5.69 Å². The van der Waals surface area contributed by atoms with Gasteiger partial charge in [-0.25, -0.2) is 4.79 Å². The van der Waals surface area contributed by atoms with E-state index < -0.39 is 28.4 Å². The van der Waals surface area contributed by atoms with Crippen LogP contribution in [0.4, 0.5) is 5.69 Å². The van der Waals surface area contributed by atoms with Crippen LogP contribution in [0.1, 0.15) is 55.9 Å². The first-order chi connectivity index (χ1) is 20.7. The summed E-state index contributed by atoms with van der Waals surface area (Å²) in [5.41, 5.74) is 2.75. The number of nitrogens with one attached hydrogen (secondary N) is 1. The van der Waals surface area contributed by atoms with Gasteiger partial charge in [-0.1, -0.05) is 48.0 Å². The number of rotatable bonds is 9. The molecule has 0 aliphatic heterocycles. The number of nitro groups is 1.